The zero-order valence-electron chi connectivity index (χ0n) is 12.7. The second-order valence-corrected chi connectivity index (χ2v) is 6.51. The van der Waals surface area contributed by atoms with Gasteiger partial charge in [-0.3, -0.25) is 4.79 Å². The van der Waals surface area contributed by atoms with Gasteiger partial charge in [0.25, 0.3) is 0 Å². The van der Waals surface area contributed by atoms with E-state index in [0.29, 0.717) is 0 Å². The number of nitrogens with one attached hydrogen (secondary N) is 1. The second kappa shape index (κ2) is 7.16. The molecule has 1 aliphatic carbocycles. The van der Waals surface area contributed by atoms with Crippen LogP contribution in [0.3, 0.4) is 0 Å². The molecule has 2 amide bonds. The molecule has 1 saturated carbocycles. The summed E-state index contributed by atoms with van der Waals surface area (Å²) in [5, 5.41) is 2.89. The van der Waals surface area contributed by atoms with Crippen LogP contribution in [0, 0.1) is 0 Å². The van der Waals surface area contributed by atoms with Gasteiger partial charge >= 0.3 is 6.09 Å². The largest absolute Gasteiger partial charge is 0.444 e. The van der Waals surface area contributed by atoms with E-state index in [2.05, 4.69) is 5.32 Å². The van der Waals surface area contributed by atoms with Gasteiger partial charge in [-0.05, 0) is 33.6 Å². The molecule has 0 radical (unpaired) electrons. The van der Waals surface area contributed by atoms with Gasteiger partial charge in [-0.2, -0.15) is 0 Å². The molecule has 1 fully saturated rings. The fourth-order valence-corrected chi connectivity index (χ4v) is 2.67. The van der Waals surface area contributed by atoms with E-state index in [4.69, 9.17) is 16.3 Å². The summed E-state index contributed by atoms with van der Waals surface area (Å²) >= 11 is 5.60. The maximum absolute atomic E-state index is 11.9. The molecule has 0 heterocycles. The maximum atomic E-state index is 11.9. The van der Waals surface area contributed by atoms with Crippen molar-refractivity contribution in [3.63, 3.8) is 0 Å². The fourth-order valence-electron chi connectivity index (χ4n) is 2.48. The number of hydrogen-bond donors (Lipinski definition) is 1. The number of carbonyl (C=O) groups is 2. The third-order valence-corrected chi connectivity index (χ3v) is 3.67. The van der Waals surface area contributed by atoms with Gasteiger partial charge in [-0.15, -0.1) is 11.6 Å². The van der Waals surface area contributed by atoms with Gasteiger partial charge in [-0.1, -0.05) is 12.8 Å². The lowest BCUT2D eigenvalue weighted by Gasteiger charge is -2.38. The van der Waals surface area contributed by atoms with Gasteiger partial charge in [0, 0.05) is 7.05 Å². The molecule has 1 N–H and O–H groups in total. The summed E-state index contributed by atoms with van der Waals surface area (Å²) in [6.07, 6.45) is 3.39. The van der Waals surface area contributed by atoms with Gasteiger partial charge in [0.1, 0.15) is 11.5 Å². The van der Waals surface area contributed by atoms with E-state index in [-0.39, 0.29) is 23.9 Å². The van der Waals surface area contributed by atoms with Crippen LogP contribution in [-0.2, 0) is 9.53 Å². The zero-order valence-corrected chi connectivity index (χ0v) is 13.5. The van der Waals surface area contributed by atoms with Gasteiger partial charge in [0.05, 0.1) is 12.1 Å². The first kappa shape index (κ1) is 17.1. The molecule has 0 unspecified atom stereocenters. The summed E-state index contributed by atoms with van der Waals surface area (Å²) in [5.41, 5.74) is -0.522. The Bertz CT molecular complexity index is 355. The Morgan fingerprint density at radius 2 is 1.90 bits per heavy atom. The smallest absolute Gasteiger partial charge is 0.407 e. The molecule has 0 aromatic carbocycles. The van der Waals surface area contributed by atoms with Crippen molar-refractivity contribution in [2.24, 2.45) is 0 Å². The third kappa shape index (κ3) is 5.19. The van der Waals surface area contributed by atoms with E-state index in [0.717, 1.165) is 25.7 Å². The summed E-state index contributed by atoms with van der Waals surface area (Å²) in [7, 11) is 1.74. The highest BCUT2D eigenvalue weighted by Gasteiger charge is 2.32. The van der Waals surface area contributed by atoms with Crippen molar-refractivity contribution in [2.75, 3.05) is 12.9 Å². The number of hydrogen-bond acceptors (Lipinski definition) is 3. The molecular weight excluding hydrogens is 280 g/mol. The van der Waals surface area contributed by atoms with Crippen molar-refractivity contribution < 1.29 is 14.3 Å². The monoisotopic (exact) mass is 304 g/mol. The van der Waals surface area contributed by atoms with Crippen molar-refractivity contribution in [1.29, 1.82) is 0 Å². The molecule has 20 heavy (non-hydrogen) atoms. The van der Waals surface area contributed by atoms with Crippen molar-refractivity contribution in [3.8, 4) is 0 Å². The second-order valence-electron chi connectivity index (χ2n) is 6.24. The Hall–Kier alpha value is -0.970. The Labute approximate surface area is 126 Å². The summed E-state index contributed by atoms with van der Waals surface area (Å²) < 4.78 is 5.28. The van der Waals surface area contributed by atoms with E-state index in [9.17, 15) is 9.59 Å². The molecule has 0 aromatic rings. The van der Waals surface area contributed by atoms with Crippen LogP contribution in [0.25, 0.3) is 0 Å². The molecule has 1 rings (SSSR count). The Morgan fingerprint density at radius 1 is 1.30 bits per heavy atom. The third-order valence-electron chi connectivity index (χ3n) is 3.44. The molecular formula is C14H25ClN2O3. The minimum atomic E-state index is -0.522. The molecule has 0 saturated heterocycles. The number of carbonyl (C=O) groups excluding carboxylic acids is 2. The van der Waals surface area contributed by atoms with E-state index in [1.165, 1.54) is 0 Å². The van der Waals surface area contributed by atoms with Crippen LogP contribution in [-0.4, -0.2) is 47.5 Å². The molecule has 1 aliphatic rings. The van der Waals surface area contributed by atoms with E-state index >= 15 is 0 Å². The highest BCUT2D eigenvalue weighted by molar-refractivity contribution is 6.27. The first-order valence-electron chi connectivity index (χ1n) is 7.05. The van der Waals surface area contributed by atoms with Crippen molar-refractivity contribution >= 4 is 23.6 Å². The summed E-state index contributed by atoms with van der Waals surface area (Å²) in [6.45, 7) is 5.48. The van der Waals surface area contributed by atoms with Gasteiger partial charge in [-0.25, -0.2) is 4.79 Å². The minimum Gasteiger partial charge on any atom is -0.444 e. The predicted octanol–water partition coefficient (Wildman–Crippen LogP) is 2.52. The molecule has 116 valence electrons. The number of amides is 2. The molecule has 0 bridgehead atoms. The lowest BCUT2D eigenvalue weighted by atomic mass is 9.89. The molecule has 0 spiro atoms. The average Bonchev–Trinajstić information content (AvgIpc) is 2.35. The number of alkyl carbamates (subject to hydrolysis) is 1. The minimum absolute atomic E-state index is 0.0116. The number of rotatable bonds is 3. The number of nitrogens with zero attached hydrogens (tertiary/aromatic N) is 1. The molecule has 5 nitrogen and oxygen atoms in total. The van der Waals surface area contributed by atoms with Crippen LogP contribution in [0.4, 0.5) is 4.79 Å². The number of likely N-dealkylation sites (N-methyl/N-ethyl adjacent to an activating group) is 1. The first-order chi connectivity index (χ1) is 9.24. The maximum Gasteiger partial charge on any atom is 0.407 e. The number of alkyl halides is 1. The summed E-state index contributed by atoms with van der Waals surface area (Å²) in [6, 6.07) is -0.0849. The van der Waals surface area contributed by atoms with E-state index in [1.54, 1.807) is 11.9 Å². The van der Waals surface area contributed by atoms with E-state index in [1.807, 2.05) is 20.8 Å². The van der Waals surface area contributed by atoms with Crippen LogP contribution in [0.5, 0.6) is 0 Å². The number of ether oxygens (including phenoxy) is 1. The lowest BCUT2D eigenvalue weighted by Crippen LogP contribution is -2.54. The summed E-state index contributed by atoms with van der Waals surface area (Å²) in [5.74, 6) is -0.152. The Morgan fingerprint density at radius 3 is 2.45 bits per heavy atom. The quantitative estimate of drug-likeness (QED) is 0.815. The SMILES string of the molecule is CN(C(=O)CCl)[C@@H]1CCCC[C@@H]1NC(=O)OC(C)(C)C. The van der Waals surface area contributed by atoms with Gasteiger partial charge in [0.15, 0.2) is 0 Å². The van der Waals surface area contributed by atoms with Crippen LogP contribution >= 0.6 is 11.6 Å². The highest BCUT2D eigenvalue weighted by Crippen LogP contribution is 2.23. The summed E-state index contributed by atoms with van der Waals surface area (Å²) in [4.78, 5) is 25.2. The molecule has 2 atom stereocenters. The Balaban J connectivity index is 2.65. The molecule has 0 aromatic heterocycles. The zero-order chi connectivity index (χ0) is 15.3. The van der Waals surface area contributed by atoms with E-state index < -0.39 is 11.7 Å². The van der Waals surface area contributed by atoms with Crippen LogP contribution < -0.4 is 5.32 Å². The normalized spacial score (nSPS) is 23.1. The standard InChI is InChI=1S/C14H25ClN2O3/c1-14(2,3)20-13(19)16-10-7-5-6-8-11(10)17(4)12(18)9-15/h10-11H,5-9H2,1-4H3,(H,16,19)/t10-,11+/m0/s1. The molecule has 6 heteroatoms. The predicted molar refractivity (Wildman–Crippen MR) is 78.9 cm³/mol. The van der Waals surface area contributed by atoms with Crippen LogP contribution in [0.2, 0.25) is 0 Å². The van der Waals surface area contributed by atoms with Gasteiger partial charge in [0.2, 0.25) is 5.91 Å². The van der Waals surface area contributed by atoms with Crippen molar-refractivity contribution in [2.45, 2.75) is 64.1 Å². The fraction of sp³-hybridized carbons (Fsp3) is 0.857. The average molecular weight is 305 g/mol. The van der Waals surface area contributed by atoms with Crippen molar-refractivity contribution in [3.05, 3.63) is 0 Å². The molecule has 0 aliphatic heterocycles. The first-order valence-corrected chi connectivity index (χ1v) is 7.59. The van der Waals surface area contributed by atoms with Crippen molar-refractivity contribution in [1.82, 2.24) is 10.2 Å². The highest BCUT2D eigenvalue weighted by atomic mass is 35.5. The van der Waals surface area contributed by atoms with Gasteiger partial charge < -0.3 is 15.0 Å². The van der Waals surface area contributed by atoms with Crippen LogP contribution in [0.15, 0.2) is 0 Å². The van der Waals surface area contributed by atoms with Crippen LogP contribution in [0.1, 0.15) is 46.5 Å². The Kier molecular flexibility index (Phi) is 6.11. The topological polar surface area (TPSA) is 58.6 Å². The number of halogens is 1. The lowest BCUT2D eigenvalue weighted by molar-refractivity contribution is -0.130.